The predicted octanol–water partition coefficient (Wildman–Crippen LogP) is 4.92. The molecule has 0 aliphatic heterocycles. The highest BCUT2D eigenvalue weighted by Crippen LogP contribution is 2.35. The monoisotopic (exact) mass is 427 g/mol. The Balaban J connectivity index is 2.07. The average molecular weight is 428 g/mol. The zero-order chi connectivity index (χ0) is 21.5. The van der Waals surface area contributed by atoms with Crippen LogP contribution in [-0.2, 0) is 0 Å². The maximum Gasteiger partial charge on any atom is 0.191 e. The molecule has 0 aliphatic carbocycles. The Labute approximate surface area is 180 Å². The minimum Gasteiger partial charge on any atom is -0.507 e. The van der Waals surface area contributed by atoms with Gasteiger partial charge in [-0.2, -0.15) is 0 Å². The molecule has 1 aromatic heterocycles. The summed E-state index contributed by atoms with van der Waals surface area (Å²) < 4.78 is 10.9. The van der Waals surface area contributed by atoms with Gasteiger partial charge in [0.1, 0.15) is 23.0 Å². The largest absolute Gasteiger partial charge is 0.507 e. The number of aromatic nitrogens is 3. The van der Waals surface area contributed by atoms with Crippen LogP contribution < -0.4 is 9.47 Å². The van der Waals surface area contributed by atoms with Gasteiger partial charge in [0.15, 0.2) is 16.8 Å². The van der Waals surface area contributed by atoms with Crippen molar-refractivity contribution in [2.24, 2.45) is 0 Å². The van der Waals surface area contributed by atoms with Crippen LogP contribution in [0.15, 0.2) is 41.6 Å². The van der Waals surface area contributed by atoms with Gasteiger partial charge >= 0.3 is 0 Å². The zero-order valence-corrected chi connectivity index (χ0v) is 18.1. The molecule has 0 spiro atoms. The molecule has 3 aromatic rings. The first-order valence-electron chi connectivity index (χ1n) is 9.86. The lowest BCUT2D eigenvalue weighted by molar-refractivity contribution is 0.337. The second-order valence-electron chi connectivity index (χ2n) is 6.34. The van der Waals surface area contributed by atoms with Gasteiger partial charge in [0.2, 0.25) is 0 Å². The molecule has 0 unspecified atom stereocenters. The molecule has 0 radical (unpaired) electrons. The maximum atomic E-state index is 10.5. The van der Waals surface area contributed by atoms with Crippen molar-refractivity contribution in [3.63, 3.8) is 0 Å². The quantitative estimate of drug-likeness (QED) is 0.465. The molecule has 158 valence electrons. The Morgan fingerprint density at radius 2 is 1.27 bits per heavy atom. The molecule has 8 heteroatoms. The first-order chi connectivity index (χ1) is 14.5. The van der Waals surface area contributed by atoms with Crippen molar-refractivity contribution < 1.29 is 19.7 Å². The van der Waals surface area contributed by atoms with Gasteiger partial charge in [-0.05, 0) is 44.5 Å². The predicted molar refractivity (Wildman–Crippen MR) is 117 cm³/mol. The van der Waals surface area contributed by atoms with E-state index in [4.69, 9.17) is 9.47 Å². The summed E-state index contributed by atoms with van der Waals surface area (Å²) in [4.78, 5) is 13.5. The molecule has 3 rings (SSSR count). The number of phenols is 2. The van der Waals surface area contributed by atoms with E-state index in [0.717, 1.165) is 12.2 Å². The smallest absolute Gasteiger partial charge is 0.191 e. The van der Waals surface area contributed by atoms with Crippen LogP contribution in [-0.4, -0.2) is 44.1 Å². The number of thioether (sulfide) groups is 1. The van der Waals surface area contributed by atoms with Gasteiger partial charge in [0.05, 0.1) is 24.3 Å². The van der Waals surface area contributed by atoms with E-state index in [1.807, 2.05) is 13.8 Å². The van der Waals surface area contributed by atoms with Crippen molar-refractivity contribution >= 4 is 11.8 Å². The van der Waals surface area contributed by atoms with Gasteiger partial charge in [-0.15, -0.1) is 0 Å². The van der Waals surface area contributed by atoms with Crippen molar-refractivity contribution in [1.29, 1.82) is 0 Å². The van der Waals surface area contributed by atoms with Crippen LogP contribution in [0.2, 0.25) is 0 Å². The van der Waals surface area contributed by atoms with Crippen LogP contribution in [0.1, 0.15) is 27.2 Å². The van der Waals surface area contributed by atoms with Crippen LogP contribution in [0, 0.1) is 0 Å². The third kappa shape index (κ3) is 5.13. The molecule has 0 saturated carbocycles. The molecule has 1 heterocycles. The van der Waals surface area contributed by atoms with Crippen LogP contribution in [0.25, 0.3) is 22.8 Å². The van der Waals surface area contributed by atoms with E-state index in [9.17, 15) is 10.2 Å². The van der Waals surface area contributed by atoms with E-state index in [1.54, 1.807) is 24.3 Å². The Bertz CT molecular complexity index is 940. The number of hydrogen-bond donors (Lipinski definition) is 2. The van der Waals surface area contributed by atoms with Gasteiger partial charge < -0.3 is 19.7 Å². The highest BCUT2D eigenvalue weighted by Gasteiger charge is 2.16. The standard InChI is InChI=1S/C22H25N3O4S/c1-4-11-30-22-24-20(16-9-7-14(28-5-2)12-18(16)26)23-21(25-22)17-10-8-15(29-6-3)13-19(17)27/h7-10,12-13,26-27H,4-6,11H2,1-3H3. The van der Waals surface area contributed by atoms with E-state index < -0.39 is 0 Å². The molecule has 7 nitrogen and oxygen atoms in total. The molecule has 30 heavy (non-hydrogen) atoms. The van der Waals surface area contributed by atoms with Crippen molar-refractivity contribution in [3.8, 4) is 45.8 Å². The van der Waals surface area contributed by atoms with Gasteiger partial charge in [0.25, 0.3) is 0 Å². The summed E-state index contributed by atoms with van der Waals surface area (Å²) in [6.45, 7) is 6.84. The molecular formula is C22H25N3O4S. The number of hydrogen-bond acceptors (Lipinski definition) is 8. The summed E-state index contributed by atoms with van der Waals surface area (Å²) in [7, 11) is 0. The van der Waals surface area contributed by atoms with E-state index >= 15 is 0 Å². The van der Waals surface area contributed by atoms with Crippen LogP contribution in [0.5, 0.6) is 23.0 Å². The summed E-state index contributed by atoms with van der Waals surface area (Å²) in [5, 5.41) is 21.5. The summed E-state index contributed by atoms with van der Waals surface area (Å²) in [6.07, 6.45) is 0.962. The minimum atomic E-state index is 0.0143. The fraction of sp³-hybridized carbons (Fsp3) is 0.318. The van der Waals surface area contributed by atoms with E-state index in [2.05, 4.69) is 21.9 Å². The molecule has 0 amide bonds. The van der Waals surface area contributed by atoms with Crippen molar-refractivity contribution in [3.05, 3.63) is 36.4 Å². The lowest BCUT2D eigenvalue weighted by atomic mass is 10.1. The molecule has 0 atom stereocenters. The number of phenolic OH excluding ortho intramolecular Hbond substituents is 2. The number of rotatable bonds is 9. The van der Waals surface area contributed by atoms with E-state index in [0.29, 0.717) is 52.6 Å². The topological polar surface area (TPSA) is 97.6 Å². The van der Waals surface area contributed by atoms with Crippen LogP contribution in [0.4, 0.5) is 0 Å². The first kappa shape index (κ1) is 21.7. The van der Waals surface area contributed by atoms with Crippen LogP contribution >= 0.6 is 11.8 Å². The third-order valence-electron chi connectivity index (χ3n) is 4.09. The highest BCUT2D eigenvalue weighted by molar-refractivity contribution is 7.99. The molecule has 0 aliphatic rings. The van der Waals surface area contributed by atoms with Gasteiger partial charge in [-0.3, -0.25) is 0 Å². The van der Waals surface area contributed by atoms with Gasteiger partial charge in [-0.1, -0.05) is 18.7 Å². The number of nitrogens with zero attached hydrogens (tertiary/aromatic N) is 3. The summed E-state index contributed by atoms with van der Waals surface area (Å²) in [6, 6.07) is 10.0. The SMILES string of the molecule is CCCSc1nc(-c2ccc(OCC)cc2O)nc(-c2ccc(OCC)cc2O)n1. The average Bonchev–Trinajstić information content (AvgIpc) is 2.73. The van der Waals surface area contributed by atoms with Crippen molar-refractivity contribution in [2.45, 2.75) is 32.3 Å². The zero-order valence-electron chi connectivity index (χ0n) is 17.3. The first-order valence-corrected chi connectivity index (χ1v) is 10.9. The summed E-state index contributed by atoms with van der Waals surface area (Å²) in [5.41, 5.74) is 0.928. The number of ether oxygens (including phenoxy) is 2. The van der Waals surface area contributed by atoms with Crippen LogP contribution in [0.3, 0.4) is 0 Å². The Kier molecular flexibility index (Phi) is 7.35. The second-order valence-corrected chi connectivity index (χ2v) is 7.40. The van der Waals surface area contributed by atoms with Gasteiger partial charge in [0, 0.05) is 17.9 Å². The molecular weight excluding hydrogens is 402 g/mol. The van der Waals surface area contributed by atoms with Crippen molar-refractivity contribution in [2.75, 3.05) is 19.0 Å². The molecule has 2 N–H and O–H groups in total. The fourth-order valence-electron chi connectivity index (χ4n) is 2.77. The lowest BCUT2D eigenvalue weighted by Gasteiger charge is -2.11. The molecule has 0 saturated heterocycles. The lowest BCUT2D eigenvalue weighted by Crippen LogP contribution is -2.00. The van der Waals surface area contributed by atoms with Gasteiger partial charge in [-0.25, -0.2) is 15.0 Å². The van der Waals surface area contributed by atoms with E-state index in [-0.39, 0.29) is 11.5 Å². The normalized spacial score (nSPS) is 10.8. The Morgan fingerprint density at radius 3 is 1.67 bits per heavy atom. The Hall–Kier alpha value is -3.00. The fourth-order valence-corrected chi connectivity index (χ4v) is 3.46. The number of aromatic hydroxyl groups is 2. The molecule has 0 bridgehead atoms. The third-order valence-corrected chi connectivity index (χ3v) is 5.15. The highest BCUT2D eigenvalue weighted by atomic mass is 32.2. The van der Waals surface area contributed by atoms with Crippen molar-refractivity contribution in [1.82, 2.24) is 15.0 Å². The minimum absolute atomic E-state index is 0.0143. The second kappa shape index (κ2) is 10.2. The molecule has 0 fully saturated rings. The Morgan fingerprint density at radius 1 is 0.767 bits per heavy atom. The summed E-state index contributed by atoms with van der Waals surface area (Å²) >= 11 is 1.50. The summed E-state index contributed by atoms with van der Waals surface area (Å²) in [5.74, 6) is 2.66. The van der Waals surface area contributed by atoms with E-state index in [1.165, 1.54) is 23.9 Å². The number of benzene rings is 2. The molecule has 2 aromatic carbocycles. The maximum absolute atomic E-state index is 10.5.